The van der Waals surface area contributed by atoms with Gasteiger partial charge in [-0.15, -0.1) is 0 Å². The van der Waals surface area contributed by atoms with Crippen molar-refractivity contribution in [1.82, 2.24) is 0 Å². The smallest absolute Gasteiger partial charge is 0.304 e. The Hall–Kier alpha value is 0.312. The van der Waals surface area contributed by atoms with Crippen LogP contribution in [0.25, 0.3) is 0 Å². The van der Waals surface area contributed by atoms with E-state index < -0.39 is 18.9 Å². The molecule has 0 aliphatic carbocycles. The molecule has 0 unspecified atom stereocenters. The highest BCUT2D eigenvalue weighted by atomic mass is 32.4. The first-order valence-electron chi connectivity index (χ1n) is 1.62. The second-order valence-corrected chi connectivity index (χ2v) is 6.64. The molecule has 10 heavy (non-hydrogen) atoms. The van der Waals surface area contributed by atoms with Crippen molar-refractivity contribution in [2.75, 3.05) is 0 Å². The predicted octanol–water partition coefficient (Wildman–Crippen LogP) is -2.23. The van der Waals surface area contributed by atoms with Crippen molar-refractivity contribution in [3.63, 3.8) is 0 Å². The molecule has 0 aliphatic rings. The lowest BCUT2D eigenvalue weighted by Gasteiger charge is -1.70. The summed E-state index contributed by atoms with van der Waals surface area (Å²) in [5, 5.41) is 0. The van der Waals surface area contributed by atoms with Gasteiger partial charge in [0.15, 0.2) is 0 Å². The molecule has 0 saturated heterocycles. The van der Waals surface area contributed by atoms with Crippen LogP contribution in [0.3, 0.4) is 0 Å². The van der Waals surface area contributed by atoms with E-state index in [9.17, 15) is 8.42 Å². The second kappa shape index (κ2) is 4.24. The predicted molar refractivity (Wildman–Crippen MR) is 34.3 cm³/mol. The largest absolute Gasteiger partial charge is 0.453 e. The molecule has 3 N–H and O–H groups in total. The third-order valence-electron chi connectivity index (χ3n) is 0. The highest BCUT2D eigenvalue weighted by Gasteiger charge is 1.84. The molecule has 0 amide bonds. The van der Waals surface area contributed by atoms with E-state index in [-0.39, 0.29) is 15.2 Å². The van der Waals surface area contributed by atoms with E-state index in [0.717, 1.165) is 0 Å². The summed E-state index contributed by atoms with van der Waals surface area (Å²) < 4.78 is 57.6. The molecular weight excluding hydrogens is 203 g/mol. The molecule has 0 fully saturated rings. The zero-order valence-electron chi connectivity index (χ0n) is 4.79. The fourth-order valence-corrected chi connectivity index (χ4v) is 0. The van der Waals surface area contributed by atoms with Crippen molar-refractivity contribution >= 4 is 34.0 Å². The van der Waals surface area contributed by atoms with Crippen molar-refractivity contribution < 1.29 is 30.5 Å². The first-order chi connectivity index (χ1) is 4.00. The fraction of sp³-hybridized carbons (Fsp3) is 0. The van der Waals surface area contributed by atoms with Crippen molar-refractivity contribution in [3.8, 4) is 0 Å². The van der Waals surface area contributed by atoms with Crippen molar-refractivity contribution in [2.45, 2.75) is 0 Å². The summed E-state index contributed by atoms with van der Waals surface area (Å²) in [6, 6.07) is 0. The Kier molecular flexibility index (Phi) is 5.49. The monoisotopic (exact) mass is 208 g/mol. The molecule has 0 bridgehead atoms. The highest BCUT2D eigenvalue weighted by molar-refractivity contribution is 8.07. The molecule has 0 spiro atoms. The molecule has 62 valence electrons. The Morgan fingerprint density at radius 2 is 0.900 bits per heavy atom. The van der Waals surface area contributed by atoms with Gasteiger partial charge in [-0.05, 0) is 0 Å². The lowest BCUT2D eigenvalue weighted by molar-refractivity contribution is 0.381. The average molecular weight is 208 g/mol. The van der Waals surface area contributed by atoms with Crippen LogP contribution in [0.4, 0.5) is 0 Å². The first kappa shape index (κ1) is 12.9. The Bertz CT molecular complexity index is 208. The SMILES string of the molecule is O=S(=O)(O)O.O=[S](=O)(O)[AlH2]. The lowest BCUT2D eigenvalue weighted by atomic mass is 15.8. The van der Waals surface area contributed by atoms with Gasteiger partial charge in [0.05, 0.1) is 0 Å². The third-order valence-corrected chi connectivity index (χ3v) is 0. The second-order valence-electron chi connectivity index (χ2n) is 1.18. The van der Waals surface area contributed by atoms with Gasteiger partial charge in [0, 0.05) is 0 Å². The van der Waals surface area contributed by atoms with Crippen LogP contribution in [0, 0.1) is 0 Å². The van der Waals surface area contributed by atoms with Gasteiger partial charge in [0.2, 0.25) is 0 Å². The number of rotatable bonds is 0. The maximum atomic E-state index is 9.25. The average Bonchev–Trinajstić information content (AvgIpc) is 1.12. The topological polar surface area (TPSA) is 129 Å². The summed E-state index contributed by atoms with van der Waals surface area (Å²) in [5.41, 5.74) is 0. The summed E-state index contributed by atoms with van der Waals surface area (Å²) in [6.07, 6.45) is 0. The summed E-state index contributed by atoms with van der Waals surface area (Å²) in [7, 11) is -8.19. The minimum atomic E-state index is -4.67. The van der Waals surface area contributed by atoms with E-state index in [4.69, 9.17) is 22.1 Å². The van der Waals surface area contributed by atoms with Gasteiger partial charge in [0.25, 0.3) is 0 Å². The summed E-state index contributed by atoms with van der Waals surface area (Å²) in [4.78, 5) is 0. The van der Waals surface area contributed by atoms with Crippen LogP contribution in [-0.4, -0.2) is 45.7 Å². The highest BCUT2D eigenvalue weighted by Crippen LogP contribution is 1.59. The van der Waals surface area contributed by atoms with E-state index in [1.807, 2.05) is 0 Å². The van der Waals surface area contributed by atoms with Gasteiger partial charge in [-0.2, -0.15) is 8.42 Å². The Balaban J connectivity index is 0. The Morgan fingerprint density at radius 3 is 0.900 bits per heavy atom. The third kappa shape index (κ3) is 4550. The van der Waals surface area contributed by atoms with Gasteiger partial charge in [-0.25, -0.2) is 8.42 Å². The van der Waals surface area contributed by atoms with Gasteiger partial charge in [-0.3, -0.25) is 9.11 Å². The molecule has 7 nitrogen and oxygen atoms in total. The van der Waals surface area contributed by atoms with Crippen molar-refractivity contribution in [2.24, 2.45) is 0 Å². The minimum Gasteiger partial charge on any atom is -0.304 e. The molecule has 0 saturated carbocycles. The zero-order chi connectivity index (χ0) is 9.00. The number of hydrogen-bond acceptors (Lipinski definition) is 4. The molecule has 0 aromatic heterocycles. The molecule has 0 aromatic carbocycles. The van der Waals surface area contributed by atoms with E-state index in [1.54, 1.807) is 0 Å². The van der Waals surface area contributed by atoms with Crippen LogP contribution in [0.5, 0.6) is 0 Å². The van der Waals surface area contributed by atoms with Crippen molar-refractivity contribution in [1.29, 1.82) is 0 Å². The molecule has 0 radical (unpaired) electrons. The van der Waals surface area contributed by atoms with Crippen LogP contribution < -0.4 is 0 Å². The maximum absolute atomic E-state index is 9.25. The van der Waals surface area contributed by atoms with E-state index in [0.29, 0.717) is 0 Å². The van der Waals surface area contributed by atoms with E-state index >= 15 is 0 Å². The molecule has 0 aliphatic heterocycles. The quantitative estimate of drug-likeness (QED) is 0.303. The van der Waals surface area contributed by atoms with Crippen LogP contribution in [0.2, 0.25) is 0 Å². The normalized spacial score (nSPS) is 11.5. The van der Waals surface area contributed by atoms with Crippen LogP contribution >= 0.6 is 0 Å². The molecule has 10 heteroatoms. The molecular formula is H5AlO7S2. The minimum absolute atomic E-state index is 0.164. The molecule has 0 atom stereocenters. The van der Waals surface area contributed by atoms with Crippen LogP contribution in [0.15, 0.2) is 0 Å². The van der Waals surface area contributed by atoms with Crippen molar-refractivity contribution in [3.05, 3.63) is 0 Å². The summed E-state index contributed by atoms with van der Waals surface area (Å²) in [5.74, 6) is 0. The van der Waals surface area contributed by atoms with Gasteiger partial charge in [0.1, 0.15) is 8.48 Å². The van der Waals surface area contributed by atoms with Gasteiger partial charge >= 0.3 is 25.6 Å². The Labute approximate surface area is 64.8 Å². The van der Waals surface area contributed by atoms with Crippen LogP contribution in [-0.2, 0) is 18.9 Å². The maximum Gasteiger partial charge on any atom is 0.453 e. The lowest BCUT2D eigenvalue weighted by Crippen LogP contribution is -1.91. The number of hydrogen-bond donors (Lipinski definition) is 3. The summed E-state index contributed by atoms with van der Waals surface area (Å²) >= 11 is -0.164. The summed E-state index contributed by atoms with van der Waals surface area (Å²) in [6.45, 7) is 0. The molecule has 0 rings (SSSR count). The molecule has 0 aromatic rings. The Morgan fingerprint density at radius 1 is 0.900 bits per heavy atom. The zero-order valence-corrected chi connectivity index (χ0v) is 8.42. The fourth-order valence-electron chi connectivity index (χ4n) is 0. The van der Waals surface area contributed by atoms with E-state index in [1.165, 1.54) is 0 Å². The van der Waals surface area contributed by atoms with Crippen LogP contribution in [0.1, 0.15) is 0 Å². The standard InChI is InChI=1S/Al.H2O4S.HO3S.2H/c;1-5(2,3)4;1-4(2)3;;/h;(H2,1,2,3,4);(H,1,2,3);;. The first-order valence-corrected chi connectivity index (χ1v) is 7.32. The van der Waals surface area contributed by atoms with E-state index in [2.05, 4.69) is 0 Å². The molecule has 0 heterocycles. The van der Waals surface area contributed by atoms with Gasteiger partial charge < -0.3 is 4.55 Å². The van der Waals surface area contributed by atoms with Gasteiger partial charge in [-0.1, -0.05) is 0 Å².